The molecule has 0 aliphatic carbocycles. The van der Waals surface area contributed by atoms with Crippen LogP contribution in [-0.4, -0.2) is 96.4 Å². The fourth-order valence-corrected chi connectivity index (χ4v) is 7.71. The number of nitrogens with zero attached hydrogens (tertiary/aromatic N) is 6. The van der Waals surface area contributed by atoms with Crippen molar-refractivity contribution >= 4 is 44.0 Å². The third kappa shape index (κ3) is 5.46. The number of aryl methyl sites for hydroxylation is 1. The highest BCUT2D eigenvalue weighted by Crippen LogP contribution is 2.35. The normalized spacial score (nSPS) is 15.8. The Morgan fingerprint density at radius 3 is 2.55 bits per heavy atom. The molecule has 0 bridgehead atoms. The molecule has 1 atom stereocenters. The van der Waals surface area contributed by atoms with Crippen LogP contribution in [0.15, 0.2) is 45.4 Å². The van der Waals surface area contributed by atoms with E-state index in [9.17, 15) is 13.2 Å². The minimum Gasteiger partial charge on any atom is -0.366 e. The van der Waals surface area contributed by atoms with Crippen LogP contribution in [0, 0.1) is 13.8 Å². The van der Waals surface area contributed by atoms with Gasteiger partial charge in [-0.2, -0.15) is 4.31 Å². The van der Waals surface area contributed by atoms with Crippen molar-refractivity contribution in [2.45, 2.75) is 31.0 Å². The molecule has 1 aromatic carbocycles. The van der Waals surface area contributed by atoms with E-state index < -0.39 is 10.0 Å². The molecule has 0 radical (unpaired) electrons. The maximum absolute atomic E-state index is 13.4. The Morgan fingerprint density at radius 1 is 1.12 bits per heavy atom. The zero-order valence-corrected chi connectivity index (χ0v) is 24.8. The highest BCUT2D eigenvalue weighted by atomic mass is 32.2. The number of carbonyl (C=O) groups excluding carboxylic acids is 1. The van der Waals surface area contributed by atoms with Crippen molar-refractivity contribution in [2.24, 2.45) is 0 Å². The zero-order chi connectivity index (χ0) is 28.6. The van der Waals surface area contributed by atoms with E-state index in [1.165, 1.54) is 22.6 Å². The van der Waals surface area contributed by atoms with Gasteiger partial charge in [-0.05, 0) is 45.0 Å². The molecule has 1 aliphatic rings. The Balaban J connectivity index is 1.21. The van der Waals surface area contributed by atoms with E-state index in [1.807, 2.05) is 26.0 Å². The number of carbonyl (C=O) groups is 1. The average molecular weight is 584 g/mol. The summed E-state index contributed by atoms with van der Waals surface area (Å²) in [6.45, 7) is 8.62. The van der Waals surface area contributed by atoms with Gasteiger partial charge in [0.25, 0.3) is 15.9 Å². The van der Waals surface area contributed by atoms with Crippen molar-refractivity contribution in [1.82, 2.24) is 29.2 Å². The zero-order valence-electron chi connectivity index (χ0n) is 23.2. The smallest absolute Gasteiger partial charge is 0.255 e. The number of thiophene rings is 1. The van der Waals surface area contributed by atoms with E-state index in [-0.39, 0.29) is 11.9 Å². The van der Waals surface area contributed by atoms with Gasteiger partial charge in [0.2, 0.25) is 0 Å². The molecule has 4 heterocycles. The summed E-state index contributed by atoms with van der Waals surface area (Å²) in [4.78, 5) is 25.9. The number of hydrogen-bond donors (Lipinski definition) is 1. The van der Waals surface area contributed by atoms with Gasteiger partial charge in [0.15, 0.2) is 5.76 Å². The summed E-state index contributed by atoms with van der Waals surface area (Å²) < 4.78 is 34.0. The maximum atomic E-state index is 13.4. The third-order valence-corrected chi connectivity index (χ3v) is 10.6. The summed E-state index contributed by atoms with van der Waals surface area (Å²) in [6, 6.07) is 8.97. The molecule has 0 saturated carbocycles. The number of rotatable bonds is 8. The lowest BCUT2D eigenvalue weighted by molar-refractivity contribution is 0.0829. The molecule has 40 heavy (non-hydrogen) atoms. The number of aromatic nitrogens is 3. The molecular formula is C27H33N7O4S2. The molecule has 0 spiro atoms. The molecule has 1 saturated heterocycles. The number of para-hydroxylation sites is 1. The standard InChI is InChI=1S/C27H33N7O4S2/c1-17(30-26-20-7-6-8-21(27(35)32(4)5)24(20)28-16-29-26)15-33-11-13-34(14-12-33)40(36,37)23-10-9-22(39-23)25-18(2)19(3)31-38-25/h6-10,16-17H,11-15H2,1-5H3,(H,28,29,30). The molecule has 5 rings (SSSR count). The van der Waals surface area contributed by atoms with E-state index >= 15 is 0 Å². The van der Waals surface area contributed by atoms with Gasteiger partial charge in [-0.3, -0.25) is 9.69 Å². The van der Waals surface area contributed by atoms with E-state index in [4.69, 9.17) is 4.52 Å². The first-order valence-electron chi connectivity index (χ1n) is 13.0. The SMILES string of the molecule is Cc1noc(-c2ccc(S(=O)(=O)N3CCN(CC(C)Nc4ncnc5c(C(=O)N(C)C)cccc45)CC3)s2)c1C. The van der Waals surface area contributed by atoms with E-state index in [1.54, 1.807) is 36.6 Å². The number of hydrogen-bond acceptors (Lipinski definition) is 10. The number of benzene rings is 1. The van der Waals surface area contributed by atoms with Crippen molar-refractivity contribution in [3.05, 3.63) is 53.5 Å². The summed E-state index contributed by atoms with van der Waals surface area (Å²) in [5.41, 5.74) is 2.85. The summed E-state index contributed by atoms with van der Waals surface area (Å²) in [7, 11) is -0.168. The van der Waals surface area contributed by atoms with Gasteiger partial charge in [-0.25, -0.2) is 18.4 Å². The molecule has 1 aliphatic heterocycles. The van der Waals surface area contributed by atoms with Crippen LogP contribution in [0.3, 0.4) is 0 Å². The summed E-state index contributed by atoms with van der Waals surface area (Å²) in [5.74, 6) is 1.17. The Morgan fingerprint density at radius 2 is 1.88 bits per heavy atom. The molecule has 1 unspecified atom stereocenters. The van der Waals surface area contributed by atoms with Gasteiger partial charge in [0.05, 0.1) is 21.7 Å². The van der Waals surface area contributed by atoms with Crippen LogP contribution in [0.4, 0.5) is 5.82 Å². The topological polar surface area (TPSA) is 125 Å². The number of piperazine rings is 1. The van der Waals surface area contributed by atoms with Crippen molar-refractivity contribution in [3.63, 3.8) is 0 Å². The van der Waals surface area contributed by atoms with Gasteiger partial charge < -0.3 is 14.7 Å². The van der Waals surface area contributed by atoms with Crippen LogP contribution in [0.25, 0.3) is 21.5 Å². The van der Waals surface area contributed by atoms with Crippen LogP contribution < -0.4 is 5.32 Å². The Labute approximate surface area is 237 Å². The molecule has 11 nitrogen and oxygen atoms in total. The predicted octanol–water partition coefficient (Wildman–Crippen LogP) is 3.47. The molecule has 3 aromatic heterocycles. The molecule has 13 heteroatoms. The van der Waals surface area contributed by atoms with E-state index in [2.05, 4.69) is 32.3 Å². The fraction of sp³-hybridized carbons (Fsp3) is 0.407. The highest BCUT2D eigenvalue weighted by molar-refractivity contribution is 7.91. The Bertz CT molecular complexity index is 1640. The van der Waals surface area contributed by atoms with Crippen LogP contribution >= 0.6 is 11.3 Å². The number of amides is 1. The first kappa shape index (κ1) is 28.1. The quantitative estimate of drug-likeness (QED) is 0.332. The van der Waals surface area contributed by atoms with Crippen molar-refractivity contribution in [1.29, 1.82) is 0 Å². The van der Waals surface area contributed by atoms with Crippen LogP contribution in [0.1, 0.15) is 28.5 Å². The number of nitrogens with one attached hydrogen (secondary N) is 1. The maximum Gasteiger partial charge on any atom is 0.255 e. The average Bonchev–Trinajstić information content (AvgIpc) is 3.55. The lowest BCUT2D eigenvalue weighted by Crippen LogP contribution is -2.50. The van der Waals surface area contributed by atoms with Crippen LogP contribution in [0.2, 0.25) is 0 Å². The second-order valence-corrected chi connectivity index (χ2v) is 13.5. The van der Waals surface area contributed by atoms with Gasteiger partial charge >= 0.3 is 0 Å². The molecule has 1 fully saturated rings. The molecule has 1 amide bonds. The van der Waals surface area contributed by atoms with Gasteiger partial charge in [0, 0.05) is 63.8 Å². The van der Waals surface area contributed by atoms with Crippen molar-refractivity contribution < 1.29 is 17.7 Å². The lowest BCUT2D eigenvalue weighted by Gasteiger charge is -2.35. The van der Waals surface area contributed by atoms with Crippen molar-refractivity contribution in [3.8, 4) is 10.6 Å². The Hall–Kier alpha value is -3.39. The molecule has 1 N–H and O–H groups in total. The molecular weight excluding hydrogens is 550 g/mol. The van der Waals surface area contributed by atoms with Crippen molar-refractivity contribution in [2.75, 3.05) is 52.1 Å². The molecule has 4 aromatic rings. The van der Waals surface area contributed by atoms with Gasteiger partial charge in [-0.1, -0.05) is 11.2 Å². The summed E-state index contributed by atoms with van der Waals surface area (Å²) >= 11 is 1.21. The predicted molar refractivity (Wildman–Crippen MR) is 155 cm³/mol. The first-order valence-corrected chi connectivity index (χ1v) is 15.3. The largest absolute Gasteiger partial charge is 0.366 e. The third-order valence-electron chi connectivity index (χ3n) is 7.10. The fourth-order valence-electron chi connectivity index (χ4n) is 4.79. The summed E-state index contributed by atoms with van der Waals surface area (Å²) in [6.07, 6.45) is 1.47. The first-order chi connectivity index (χ1) is 19.1. The van der Waals surface area contributed by atoms with Gasteiger partial charge in [-0.15, -0.1) is 11.3 Å². The van der Waals surface area contributed by atoms with E-state index in [0.717, 1.165) is 21.5 Å². The second kappa shape index (κ2) is 11.2. The van der Waals surface area contributed by atoms with E-state index in [0.29, 0.717) is 59.6 Å². The number of sulfonamides is 1. The number of fused-ring (bicyclic) bond motifs is 1. The van der Waals surface area contributed by atoms with Crippen LogP contribution in [-0.2, 0) is 10.0 Å². The van der Waals surface area contributed by atoms with Crippen LogP contribution in [0.5, 0.6) is 0 Å². The minimum absolute atomic E-state index is 0.0305. The van der Waals surface area contributed by atoms with Gasteiger partial charge in [0.1, 0.15) is 16.4 Å². The minimum atomic E-state index is -3.60. The lowest BCUT2D eigenvalue weighted by atomic mass is 10.1. The molecule has 212 valence electrons. The summed E-state index contributed by atoms with van der Waals surface area (Å²) in [5, 5.41) is 8.22. The monoisotopic (exact) mass is 583 g/mol. The number of anilines is 1. The highest BCUT2D eigenvalue weighted by Gasteiger charge is 2.31. The second-order valence-electron chi connectivity index (χ2n) is 10.2. The Kier molecular flexibility index (Phi) is 7.91.